The first-order chi connectivity index (χ1) is 8.25. The minimum absolute atomic E-state index is 0.355. The summed E-state index contributed by atoms with van der Waals surface area (Å²) in [6, 6.07) is 9.66. The molecule has 0 saturated carbocycles. The van der Waals surface area contributed by atoms with E-state index in [1.807, 2.05) is 30.3 Å². The minimum atomic E-state index is 0.355. The molecule has 1 fully saturated rings. The topological polar surface area (TPSA) is 39.6 Å². The summed E-state index contributed by atoms with van der Waals surface area (Å²) in [5, 5.41) is 7.98. The van der Waals surface area contributed by atoms with Crippen LogP contribution in [0.4, 0.5) is 0 Å². The fourth-order valence-electron chi connectivity index (χ4n) is 1.84. The Morgan fingerprint density at radius 1 is 1.18 bits per heavy atom. The lowest BCUT2D eigenvalue weighted by atomic mass is 10.3. The second-order valence-corrected chi connectivity index (χ2v) is 4.34. The molecule has 2 rings (SSSR count). The van der Waals surface area contributed by atoms with Crippen LogP contribution >= 0.6 is 0 Å². The van der Waals surface area contributed by atoms with Gasteiger partial charge in [-0.05, 0) is 19.2 Å². The van der Waals surface area contributed by atoms with Crippen molar-refractivity contribution >= 4 is 5.84 Å². The second-order valence-electron chi connectivity index (χ2n) is 4.34. The quantitative estimate of drug-likeness (QED) is 0.631. The summed E-state index contributed by atoms with van der Waals surface area (Å²) in [4.78, 5) is 4.37. The van der Waals surface area contributed by atoms with Crippen molar-refractivity contribution in [3.63, 3.8) is 0 Å². The zero-order valence-electron chi connectivity index (χ0n) is 10.2. The molecule has 1 saturated heterocycles. The zero-order chi connectivity index (χ0) is 12.1. The third-order valence-corrected chi connectivity index (χ3v) is 3.00. The maximum absolute atomic E-state index is 7.98. The van der Waals surface area contributed by atoms with E-state index in [2.05, 4.69) is 16.8 Å². The zero-order valence-corrected chi connectivity index (χ0v) is 10.2. The van der Waals surface area contributed by atoms with Gasteiger partial charge in [0.05, 0.1) is 0 Å². The first-order valence-electron chi connectivity index (χ1n) is 5.94. The van der Waals surface area contributed by atoms with Gasteiger partial charge < -0.3 is 14.5 Å². The number of piperazine rings is 1. The highest BCUT2D eigenvalue weighted by molar-refractivity contribution is 5.80. The van der Waals surface area contributed by atoms with Crippen molar-refractivity contribution in [2.75, 3.05) is 39.8 Å². The van der Waals surface area contributed by atoms with Gasteiger partial charge in [-0.3, -0.25) is 5.41 Å². The number of nitrogens with zero attached hydrogens (tertiary/aromatic N) is 2. The van der Waals surface area contributed by atoms with Gasteiger partial charge in [0.25, 0.3) is 0 Å². The molecule has 0 aliphatic carbocycles. The van der Waals surface area contributed by atoms with Gasteiger partial charge in [-0.1, -0.05) is 18.2 Å². The molecule has 92 valence electrons. The molecule has 1 N–H and O–H groups in total. The molecular weight excluding hydrogens is 214 g/mol. The van der Waals surface area contributed by atoms with Gasteiger partial charge in [0.15, 0.2) is 0 Å². The van der Waals surface area contributed by atoms with Crippen molar-refractivity contribution in [1.82, 2.24) is 9.80 Å². The summed E-state index contributed by atoms with van der Waals surface area (Å²) < 4.78 is 5.57. The Morgan fingerprint density at radius 2 is 1.82 bits per heavy atom. The second kappa shape index (κ2) is 5.68. The van der Waals surface area contributed by atoms with Crippen LogP contribution in [0.5, 0.6) is 5.75 Å². The van der Waals surface area contributed by atoms with Gasteiger partial charge in [-0.25, -0.2) is 0 Å². The molecule has 0 atom stereocenters. The molecule has 1 aliphatic rings. The van der Waals surface area contributed by atoms with E-state index in [0.29, 0.717) is 12.4 Å². The first-order valence-corrected chi connectivity index (χ1v) is 5.94. The maximum atomic E-state index is 7.98. The van der Waals surface area contributed by atoms with Crippen molar-refractivity contribution < 1.29 is 4.74 Å². The van der Waals surface area contributed by atoms with Crippen LogP contribution in [0.25, 0.3) is 0 Å². The van der Waals surface area contributed by atoms with Gasteiger partial charge in [-0.2, -0.15) is 0 Å². The van der Waals surface area contributed by atoms with Crippen molar-refractivity contribution in [3.8, 4) is 5.75 Å². The number of ether oxygens (including phenoxy) is 1. The molecule has 0 amide bonds. The lowest BCUT2D eigenvalue weighted by molar-refractivity contribution is 0.206. The summed E-state index contributed by atoms with van der Waals surface area (Å²) in [6.45, 7) is 4.25. The van der Waals surface area contributed by atoms with Crippen LogP contribution in [-0.2, 0) is 0 Å². The molecular formula is C13H19N3O. The van der Waals surface area contributed by atoms with Crippen molar-refractivity contribution in [3.05, 3.63) is 30.3 Å². The summed E-state index contributed by atoms with van der Waals surface area (Å²) >= 11 is 0. The van der Waals surface area contributed by atoms with Crippen LogP contribution in [0.3, 0.4) is 0 Å². The Morgan fingerprint density at radius 3 is 2.47 bits per heavy atom. The Bertz CT molecular complexity index is 358. The third-order valence-electron chi connectivity index (χ3n) is 3.00. The Balaban J connectivity index is 1.78. The van der Waals surface area contributed by atoms with E-state index in [1.165, 1.54) is 0 Å². The minimum Gasteiger partial charge on any atom is -0.486 e. The highest BCUT2D eigenvalue weighted by Crippen LogP contribution is 2.09. The number of hydrogen-bond donors (Lipinski definition) is 1. The van der Waals surface area contributed by atoms with E-state index in [4.69, 9.17) is 10.1 Å². The average Bonchev–Trinajstić information content (AvgIpc) is 2.38. The SMILES string of the molecule is CN1CCN(C(=N)COc2ccccc2)CC1. The van der Waals surface area contributed by atoms with Gasteiger partial charge in [0.1, 0.15) is 18.2 Å². The molecule has 4 nitrogen and oxygen atoms in total. The lowest BCUT2D eigenvalue weighted by Gasteiger charge is -2.33. The van der Waals surface area contributed by atoms with E-state index in [-0.39, 0.29) is 0 Å². The summed E-state index contributed by atoms with van der Waals surface area (Å²) in [5.41, 5.74) is 0. The Labute approximate surface area is 102 Å². The van der Waals surface area contributed by atoms with Gasteiger partial charge in [0.2, 0.25) is 0 Å². The first kappa shape index (κ1) is 11.9. The van der Waals surface area contributed by atoms with Crippen LogP contribution in [-0.4, -0.2) is 55.5 Å². The van der Waals surface area contributed by atoms with Crippen molar-refractivity contribution in [2.45, 2.75) is 0 Å². The Hall–Kier alpha value is -1.55. The van der Waals surface area contributed by atoms with Crippen LogP contribution in [0.15, 0.2) is 30.3 Å². The number of amidine groups is 1. The van der Waals surface area contributed by atoms with E-state index >= 15 is 0 Å². The van der Waals surface area contributed by atoms with E-state index in [1.54, 1.807) is 0 Å². The Kier molecular flexibility index (Phi) is 3.98. The van der Waals surface area contributed by atoms with Gasteiger partial charge in [-0.15, -0.1) is 0 Å². The van der Waals surface area contributed by atoms with E-state index in [9.17, 15) is 0 Å². The number of nitrogens with one attached hydrogen (secondary N) is 1. The van der Waals surface area contributed by atoms with Gasteiger partial charge >= 0.3 is 0 Å². The number of likely N-dealkylation sites (N-methyl/N-ethyl adjacent to an activating group) is 1. The van der Waals surface area contributed by atoms with Crippen LogP contribution in [0.2, 0.25) is 0 Å². The molecule has 1 heterocycles. The van der Waals surface area contributed by atoms with Crippen molar-refractivity contribution in [1.29, 1.82) is 5.41 Å². The molecule has 0 bridgehead atoms. The molecule has 1 aliphatic heterocycles. The van der Waals surface area contributed by atoms with Gasteiger partial charge in [0, 0.05) is 26.2 Å². The summed E-state index contributed by atoms with van der Waals surface area (Å²) in [7, 11) is 2.11. The maximum Gasteiger partial charge on any atom is 0.145 e. The van der Waals surface area contributed by atoms with Crippen LogP contribution < -0.4 is 4.74 Å². The molecule has 0 aromatic heterocycles. The number of hydrogen-bond acceptors (Lipinski definition) is 3. The summed E-state index contributed by atoms with van der Waals surface area (Å²) in [6.07, 6.45) is 0. The fraction of sp³-hybridized carbons (Fsp3) is 0.462. The molecule has 1 aromatic rings. The predicted octanol–water partition coefficient (Wildman–Crippen LogP) is 1.29. The van der Waals surface area contributed by atoms with E-state index in [0.717, 1.165) is 31.9 Å². The molecule has 0 unspecified atom stereocenters. The standard InChI is InChI=1S/C13H19N3O/c1-15-7-9-16(10-8-15)13(14)11-17-12-5-3-2-4-6-12/h2-6,14H,7-11H2,1H3. The molecule has 1 aromatic carbocycles. The molecule has 0 radical (unpaired) electrons. The third kappa shape index (κ3) is 3.46. The normalized spacial score (nSPS) is 16.9. The lowest BCUT2D eigenvalue weighted by Crippen LogP contribution is -2.48. The largest absolute Gasteiger partial charge is 0.486 e. The van der Waals surface area contributed by atoms with Crippen molar-refractivity contribution in [2.24, 2.45) is 0 Å². The van der Waals surface area contributed by atoms with Crippen LogP contribution in [0.1, 0.15) is 0 Å². The fourth-order valence-corrected chi connectivity index (χ4v) is 1.84. The molecule has 0 spiro atoms. The van der Waals surface area contributed by atoms with Crippen LogP contribution in [0, 0.1) is 5.41 Å². The predicted molar refractivity (Wildman–Crippen MR) is 68.7 cm³/mol. The number of rotatable bonds is 3. The average molecular weight is 233 g/mol. The molecule has 17 heavy (non-hydrogen) atoms. The summed E-state index contributed by atoms with van der Waals surface area (Å²) in [5.74, 6) is 1.40. The van der Waals surface area contributed by atoms with E-state index < -0.39 is 0 Å². The highest BCUT2D eigenvalue weighted by atomic mass is 16.5. The monoisotopic (exact) mass is 233 g/mol. The number of benzene rings is 1. The molecule has 4 heteroatoms. The number of para-hydroxylation sites is 1. The highest BCUT2D eigenvalue weighted by Gasteiger charge is 2.16. The smallest absolute Gasteiger partial charge is 0.145 e.